The number of esters is 3. The fourth-order valence-corrected chi connectivity index (χ4v) is 2.67. The Labute approximate surface area is 197 Å². The molecule has 34 heavy (non-hydrogen) atoms. The molecule has 2 rings (SSSR count). The SMILES string of the molecule is C=C(C)C(=O)Oc1ccc(/C=C(\C)C(=O)Oc2ccc(O)c(OC(=O)CC)c2)c(C(=O)CC)c1. The molecule has 1 N–H and O–H groups in total. The van der Waals surface area contributed by atoms with Crippen LogP contribution >= 0.6 is 0 Å². The Hall–Kier alpha value is -4.20. The lowest BCUT2D eigenvalue weighted by atomic mass is 9.99. The monoisotopic (exact) mass is 466 g/mol. The molecule has 178 valence electrons. The van der Waals surface area contributed by atoms with Crippen LogP contribution in [0.25, 0.3) is 6.08 Å². The van der Waals surface area contributed by atoms with Gasteiger partial charge in [0.1, 0.15) is 11.5 Å². The lowest BCUT2D eigenvalue weighted by Crippen LogP contribution is -2.11. The molecule has 0 bridgehead atoms. The summed E-state index contributed by atoms with van der Waals surface area (Å²) in [4.78, 5) is 48.4. The van der Waals surface area contributed by atoms with E-state index in [-0.39, 0.29) is 58.3 Å². The van der Waals surface area contributed by atoms with E-state index in [0.29, 0.717) is 5.56 Å². The summed E-state index contributed by atoms with van der Waals surface area (Å²) in [6.45, 7) is 9.84. The van der Waals surface area contributed by atoms with E-state index in [1.807, 2.05) is 0 Å². The molecule has 2 aromatic carbocycles. The van der Waals surface area contributed by atoms with Crippen LogP contribution in [0.4, 0.5) is 0 Å². The molecule has 0 heterocycles. The molecule has 0 aliphatic rings. The van der Waals surface area contributed by atoms with Gasteiger partial charge in [0.25, 0.3) is 0 Å². The molecule has 0 aliphatic carbocycles. The minimum Gasteiger partial charge on any atom is -0.504 e. The van der Waals surface area contributed by atoms with Gasteiger partial charge in [-0.15, -0.1) is 0 Å². The Morgan fingerprint density at radius 3 is 2.12 bits per heavy atom. The van der Waals surface area contributed by atoms with Crippen molar-refractivity contribution in [3.63, 3.8) is 0 Å². The van der Waals surface area contributed by atoms with E-state index >= 15 is 0 Å². The molecule has 0 saturated carbocycles. The molecular formula is C26H26O8. The summed E-state index contributed by atoms with van der Waals surface area (Å²) in [6.07, 6.45) is 1.79. The number of phenols is 1. The van der Waals surface area contributed by atoms with Gasteiger partial charge in [0.05, 0.1) is 0 Å². The van der Waals surface area contributed by atoms with Gasteiger partial charge in [-0.3, -0.25) is 9.59 Å². The zero-order chi connectivity index (χ0) is 25.4. The third kappa shape index (κ3) is 6.90. The summed E-state index contributed by atoms with van der Waals surface area (Å²) in [5.74, 6) is -2.26. The van der Waals surface area contributed by atoms with Crippen molar-refractivity contribution >= 4 is 29.8 Å². The predicted molar refractivity (Wildman–Crippen MR) is 125 cm³/mol. The molecule has 0 radical (unpaired) electrons. The topological polar surface area (TPSA) is 116 Å². The van der Waals surface area contributed by atoms with Crippen LogP contribution in [0.3, 0.4) is 0 Å². The largest absolute Gasteiger partial charge is 0.504 e. The number of ketones is 1. The van der Waals surface area contributed by atoms with Crippen LogP contribution in [0.1, 0.15) is 56.5 Å². The number of aromatic hydroxyl groups is 1. The van der Waals surface area contributed by atoms with E-state index in [2.05, 4.69) is 6.58 Å². The van der Waals surface area contributed by atoms with Gasteiger partial charge in [-0.2, -0.15) is 0 Å². The van der Waals surface area contributed by atoms with E-state index in [0.717, 1.165) is 0 Å². The maximum absolute atomic E-state index is 12.6. The first-order valence-corrected chi connectivity index (χ1v) is 10.5. The molecule has 2 aromatic rings. The van der Waals surface area contributed by atoms with Gasteiger partial charge >= 0.3 is 17.9 Å². The summed E-state index contributed by atoms with van der Waals surface area (Å²) in [5, 5.41) is 9.83. The molecule has 0 atom stereocenters. The summed E-state index contributed by atoms with van der Waals surface area (Å²) in [5.41, 5.74) is 1.12. The van der Waals surface area contributed by atoms with Crippen molar-refractivity contribution in [2.45, 2.75) is 40.5 Å². The van der Waals surface area contributed by atoms with E-state index in [4.69, 9.17) is 14.2 Å². The van der Waals surface area contributed by atoms with Crippen LogP contribution in [0.2, 0.25) is 0 Å². The zero-order valence-corrected chi connectivity index (χ0v) is 19.5. The Balaban J connectivity index is 2.29. The Kier molecular flexibility index (Phi) is 8.89. The first-order chi connectivity index (χ1) is 16.0. The minimum atomic E-state index is -0.717. The van der Waals surface area contributed by atoms with Crippen LogP contribution < -0.4 is 14.2 Å². The van der Waals surface area contributed by atoms with Crippen molar-refractivity contribution in [3.8, 4) is 23.0 Å². The smallest absolute Gasteiger partial charge is 0.339 e. The number of hydrogen-bond acceptors (Lipinski definition) is 8. The van der Waals surface area contributed by atoms with Crippen molar-refractivity contribution in [2.75, 3.05) is 0 Å². The van der Waals surface area contributed by atoms with Crippen LogP contribution in [-0.2, 0) is 14.4 Å². The Morgan fingerprint density at radius 2 is 1.50 bits per heavy atom. The number of rotatable bonds is 9. The number of phenolic OH excluding ortho intramolecular Hbond substituents is 1. The number of benzene rings is 2. The number of Topliss-reactive ketones (excluding diaryl/α,β-unsaturated/α-hetero) is 1. The highest BCUT2D eigenvalue weighted by molar-refractivity contribution is 6.02. The summed E-state index contributed by atoms with van der Waals surface area (Å²) < 4.78 is 15.5. The van der Waals surface area contributed by atoms with Gasteiger partial charge in [-0.25, -0.2) is 9.59 Å². The third-order valence-corrected chi connectivity index (χ3v) is 4.55. The van der Waals surface area contributed by atoms with Crippen molar-refractivity contribution in [1.29, 1.82) is 0 Å². The maximum atomic E-state index is 12.6. The van der Waals surface area contributed by atoms with Gasteiger partial charge in [0.15, 0.2) is 17.3 Å². The van der Waals surface area contributed by atoms with E-state index in [9.17, 15) is 24.3 Å². The molecule has 0 unspecified atom stereocenters. The molecule has 0 aliphatic heterocycles. The molecular weight excluding hydrogens is 440 g/mol. The van der Waals surface area contributed by atoms with Gasteiger partial charge in [-0.05, 0) is 49.8 Å². The summed E-state index contributed by atoms with van der Waals surface area (Å²) in [7, 11) is 0. The normalized spacial score (nSPS) is 10.9. The van der Waals surface area contributed by atoms with Crippen LogP contribution in [-0.4, -0.2) is 28.8 Å². The highest BCUT2D eigenvalue weighted by atomic mass is 16.6. The van der Waals surface area contributed by atoms with E-state index in [1.54, 1.807) is 19.9 Å². The van der Waals surface area contributed by atoms with Crippen LogP contribution in [0.5, 0.6) is 23.0 Å². The lowest BCUT2D eigenvalue weighted by molar-refractivity contribution is -0.134. The first kappa shape index (κ1) is 26.1. The van der Waals surface area contributed by atoms with Crippen LogP contribution in [0.15, 0.2) is 54.1 Å². The predicted octanol–water partition coefficient (Wildman–Crippen LogP) is 4.79. The quantitative estimate of drug-likeness (QED) is 0.243. The average Bonchev–Trinajstić information content (AvgIpc) is 2.81. The number of carbonyl (C=O) groups excluding carboxylic acids is 4. The second kappa shape index (κ2) is 11.6. The van der Waals surface area contributed by atoms with Crippen molar-refractivity contribution in [2.24, 2.45) is 0 Å². The molecule has 0 amide bonds. The fraction of sp³-hybridized carbons (Fsp3) is 0.231. The van der Waals surface area contributed by atoms with Gasteiger partial charge in [0, 0.05) is 35.6 Å². The zero-order valence-electron chi connectivity index (χ0n) is 19.5. The molecule has 0 saturated heterocycles. The molecule has 0 aromatic heterocycles. The van der Waals surface area contributed by atoms with Gasteiger partial charge in [-0.1, -0.05) is 26.5 Å². The fourth-order valence-electron chi connectivity index (χ4n) is 2.67. The lowest BCUT2D eigenvalue weighted by Gasteiger charge is -2.11. The number of carbonyl (C=O) groups is 4. The summed E-state index contributed by atoms with van der Waals surface area (Å²) >= 11 is 0. The van der Waals surface area contributed by atoms with E-state index < -0.39 is 17.9 Å². The summed E-state index contributed by atoms with van der Waals surface area (Å²) in [6, 6.07) is 8.31. The van der Waals surface area contributed by atoms with Crippen LogP contribution in [0, 0.1) is 0 Å². The Morgan fingerprint density at radius 1 is 0.882 bits per heavy atom. The van der Waals surface area contributed by atoms with Gasteiger partial charge in [0.2, 0.25) is 0 Å². The highest BCUT2D eigenvalue weighted by Crippen LogP contribution is 2.31. The molecule has 8 nitrogen and oxygen atoms in total. The molecule has 0 fully saturated rings. The van der Waals surface area contributed by atoms with Crippen molar-refractivity contribution in [3.05, 3.63) is 65.3 Å². The van der Waals surface area contributed by atoms with E-state index in [1.165, 1.54) is 50.3 Å². The second-order valence-electron chi connectivity index (χ2n) is 7.37. The minimum absolute atomic E-state index is 0.0568. The molecule has 0 spiro atoms. The van der Waals surface area contributed by atoms with Crippen molar-refractivity contribution < 1.29 is 38.5 Å². The molecule has 8 heteroatoms. The third-order valence-electron chi connectivity index (χ3n) is 4.55. The van der Waals surface area contributed by atoms with Crippen molar-refractivity contribution in [1.82, 2.24) is 0 Å². The average molecular weight is 466 g/mol. The van der Waals surface area contributed by atoms with Gasteiger partial charge < -0.3 is 19.3 Å². The Bertz CT molecular complexity index is 1170. The highest BCUT2D eigenvalue weighted by Gasteiger charge is 2.16. The number of hydrogen-bond donors (Lipinski definition) is 1. The number of ether oxygens (including phenoxy) is 3. The standard InChI is InChI=1S/C26H26O8/c1-6-21(27)20-13-18(32-25(30)15(3)4)9-8-17(20)12-16(5)26(31)33-19-10-11-22(28)23(14-19)34-24(29)7-2/h8-14,28H,3,6-7H2,1-2,4-5H3/b16-12+. The first-order valence-electron chi connectivity index (χ1n) is 10.5. The maximum Gasteiger partial charge on any atom is 0.339 e. The second-order valence-corrected chi connectivity index (χ2v) is 7.37.